The molecule has 1 saturated heterocycles. The van der Waals surface area contributed by atoms with Crippen molar-refractivity contribution in [3.8, 4) is 0 Å². The Morgan fingerprint density at radius 3 is 2.00 bits per heavy atom. The lowest BCUT2D eigenvalue weighted by molar-refractivity contribution is -0.0103. The Morgan fingerprint density at radius 2 is 1.52 bits per heavy atom. The van der Waals surface area contributed by atoms with Gasteiger partial charge in [-0.1, -0.05) is 6.58 Å². The Morgan fingerprint density at radius 1 is 1.00 bits per heavy atom. The molecule has 16 heteroatoms. The predicted molar refractivity (Wildman–Crippen MR) is 93.1 cm³/mol. The first kappa shape index (κ1) is 25.0. The molecule has 0 aromatic carbocycles. The van der Waals surface area contributed by atoms with Gasteiger partial charge in [-0.2, -0.15) is 8.62 Å². The Kier molecular flexibility index (Phi) is 9.88. The molecule has 1 aliphatic heterocycles. The van der Waals surface area contributed by atoms with Gasteiger partial charge < -0.3 is 9.47 Å². The van der Waals surface area contributed by atoms with Crippen molar-refractivity contribution < 1.29 is 54.4 Å². The van der Waals surface area contributed by atoms with Crippen molar-refractivity contribution in [2.45, 2.75) is 24.6 Å². The smallest absolute Gasteiger partial charge is 0.492 e. The molecular formula is C11H22BO12P3. The van der Waals surface area contributed by atoms with Crippen LogP contribution < -0.4 is 0 Å². The van der Waals surface area contributed by atoms with Crippen LogP contribution in [0.15, 0.2) is 12.8 Å². The summed E-state index contributed by atoms with van der Waals surface area (Å²) < 4.78 is 80.3. The Labute approximate surface area is 159 Å². The summed E-state index contributed by atoms with van der Waals surface area (Å²) in [4.78, 5) is 0. The Hall–Kier alpha value is -0.0251. The molecule has 2 radical (unpaired) electrons. The van der Waals surface area contributed by atoms with Crippen molar-refractivity contribution in [1.29, 1.82) is 0 Å². The maximum Gasteiger partial charge on any atom is 0.492 e. The molecule has 1 rings (SSSR count). The SMILES string of the molecule is [B][C@H]1CC(OC=C)[C@@H](COP(=O)(OC)OP(=O)(OC)OP(=O)(OC)OC)O1. The third kappa shape index (κ3) is 7.38. The van der Waals surface area contributed by atoms with Crippen LogP contribution in [0, 0.1) is 0 Å². The first-order chi connectivity index (χ1) is 12.6. The summed E-state index contributed by atoms with van der Waals surface area (Å²) in [6.07, 6.45) is 0.279. The minimum absolute atomic E-state index is 0.336. The highest BCUT2D eigenvalue weighted by atomic mass is 31.3. The molecule has 0 aromatic rings. The number of ether oxygens (including phenoxy) is 2. The zero-order chi connectivity index (χ0) is 20.7. The molecule has 0 amide bonds. The second-order valence-electron chi connectivity index (χ2n) is 4.82. The summed E-state index contributed by atoms with van der Waals surface area (Å²) in [6, 6.07) is -0.630. The molecule has 1 aliphatic rings. The maximum atomic E-state index is 12.6. The van der Waals surface area contributed by atoms with E-state index in [1.165, 1.54) is 6.26 Å². The van der Waals surface area contributed by atoms with E-state index in [2.05, 4.69) is 29.0 Å². The van der Waals surface area contributed by atoms with E-state index < -0.39 is 41.7 Å². The van der Waals surface area contributed by atoms with Crippen LogP contribution in [0.4, 0.5) is 0 Å². The maximum absolute atomic E-state index is 12.6. The molecule has 0 N–H and O–H groups in total. The molecule has 0 bridgehead atoms. The van der Waals surface area contributed by atoms with Crippen molar-refractivity contribution in [2.24, 2.45) is 0 Å². The average molecular weight is 450 g/mol. The summed E-state index contributed by atoms with van der Waals surface area (Å²) in [5.74, 6) is 0. The van der Waals surface area contributed by atoms with Crippen LogP contribution in [0.2, 0.25) is 0 Å². The van der Waals surface area contributed by atoms with Gasteiger partial charge in [0.05, 0.1) is 12.9 Å². The van der Waals surface area contributed by atoms with E-state index >= 15 is 0 Å². The lowest BCUT2D eigenvalue weighted by Crippen LogP contribution is -2.27. The van der Waals surface area contributed by atoms with Gasteiger partial charge in [0, 0.05) is 40.9 Å². The van der Waals surface area contributed by atoms with Crippen molar-refractivity contribution in [3.63, 3.8) is 0 Å². The predicted octanol–water partition coefficient (Wildman–Crippen LogP) is 2.76. The van der Waals surface area contributed by atoms with Crippen LogP contribution in [0.5, 0.6) is 0 Å². The summed E-state index contributed by atoms with van der Waals surface area (Å²) in [7, 11) is -4.07. The van der Waals surface area contributed by atoms with Crippen molar-refractivity contribution in [1.82, 2.24) is 0 Å². The van der Waals surface area contributed by atoms with Crippen LogP contribution >= 0.6 is 23.5 Å². The first-order valence-electron chi connectivity index (χ1n) is 7.36. The van der Waals surface area contributed by atoms with Gasteiger partial charge >= 0.3 is 23.5 Å². The molecule has 3 unspecified atom stereocenters. The van der Waals surface area contributed by atoms with E-state index in [4.69, 9.17) is 26.2 Å². The fourth-order valence-corrected chi connectivity index (χ4v) is 6.36. The Bertz CT molecular complexity index is 622. The van der Waals surface area contributed by atoms with Crippen molar-refractivity contribution in [2.75, 3.05) is 35.0 Å². The van der Waals surface area contributed by atoms with E-state index in [-0.39, 0.29) is 6.61 Å². The van der Waals surface area contributed by atoms with E-state index in [1.807, 2.05) is 0 Å². The molecule has 0 spiro atoms. The zero-order valence-corrected chi connectivity index (χ0v) is 17.9. The molecule has 27 heavy (non-hydrogen) atoms. The lowest BCUT2D eigenvalue weighted by atomic mass is 9.96. The highest BCUT2D eigenvalue weighted by Crippen LogP contribution is 2.72. The summed E-state index contributed by atoms with van der Waals surface area (Å²) in [5, 5.41) is 0. The zero-order valence-electron chi connectivity index (χ0n) is 15.2. The van der Waals surface area contributed by atoms with Gasteiger partial charge in [-0.15, -0.1) is 0 Å². The number of phosphoric acid groups is 3. The number of rotatable bonds is 13. The van der Waals surface area contributed by atoms with Crippen molar-refractivity contribution in [3.05, 3.63) is 12.8 Å². The molecule has 0 aromatic heterocycles. The first-order valence-corrected chi connectivity index (χ1v) is 11.7. The second kappa shape index (κ2) is 10.7. The molecule has 5 atom stereocenters. The quantitative estimate of drug-likeness (QED) is 0.232. The van der Waals surface area contributed by atoms with E-state index in [0.717, 1.165) is 28.4 Å². The molecule has 156 valence electrons. The van der Waals surface area contributed by atoms with Gasteiger partial charge in [-0.05, 0) is 0 Å². The molecular weight excluding hydrogens is 428 g/mol. The lowest BCUT2D eigenvalue weighted by Gasteiger charge is -2.24. The molecule has 0 aliphatic carbocycles. The highest BCUT2D eigenvalue weighted by Gasteiger charge is 2.46. The standard InChI is InChI=1S/C11H22BO12P3/c1-6-20-9-7-11(12)22-10(9)8-21-26(14,18-4)24-27(15,19-5)23-25(13,16-2)17-3/h6,9-11H,1,7-8H2,2-5H3/t9?,10-,11-,26?,27?/m1/s1. The number of phosphoric ester groups is 2. The van der Waals surface area contributed by atoms with Crippen LogP contribution in [-0.4, -0.2) is 61.1 Å². The highest BCUT2D eigenvalue weighted by molar-refractivity contribution is 7.67. The fourth-order valence-electron chi connectivity index (χ4n) is 1.90. The molecule has 1 fully saturated rings. The minimum Gasteiger partial charge on any atom is -0.496 e. The van der Waals surface area contributed by atoms with E-state index in [1.54, 1.807) is 0 Å². The summed E-state index contributed by atoms with van der Waals surface area (Å²) in [6.45, 7) is 3.07. The third-order valence-electron chi connectivity index (χ3n) is 3.19. The summed E-state index contributed by atoms with van der Waals surface area (Å²) in [5.41, 5.74) is 0. The average Bonchev–Trinajstić information content (AvgIpc) is 2.99. The fraction of sp³-hybridized carbons (Fsp3) is 0.818. The largest absolute Gasteiger partial charge is 0.496 e. The molecule has 0 saturated carbocycles. The van der Waals surface area contributed by atoms with E-state index in [9.17, 15) is 13.7 Å². The van der Waals surface area contributed by atoms with Crippen LogP contribution in [-0.2, 0) is 54.4 Å². The molecule has 1 heterocycles. The van der Waals surface area contributed by atoms with Crippen LogP contribution in [0.1, 0.15) is 6.42 Å². The van der Waals surface area contributed by atoms with Gasteiger partial charge in [0.25, 0.3) is 0 Å². The van der Waals surface area contributed by atoms with Gasteiger partial charge in [-0.25, -0.2) is 13.7 Å². The number of hydrogen-bond donors (Lipinski definition) is 0. The Balaban J connectivity index is 2.84. The minimum atomic E-state index is -4.73. The van der Waals surface area contributed by atoms with Crippen LogP contribution in [0.25, 0.3) is 0 Å². The third-order valence-corrected chi connectivity index (χ3v) is 8.65. The number of hydrogen-bond acceptors (Lipinski definition) is 12. The van der Waals surface area contributed by atoms with Gasteiger partial charge in [0.2, 0.25) is 0 Å². The monoisotopic (exact) mass is 450 g/mol. The van der Waals surface area contributed by atoms with E-state index in [0.29, 0.717) is 6.42 Å². The van der Waals surface area contributed by atoms with Gasteiger partial charge in [0.1, 0.15) is 20.1 Å². The van der Waals surface area contributed by atoms with Gasteiger partial charge in [-0.3, -0.25) is 22.6 Å². The normalized spacial score (nSPS) is 27.6. The summed E-state index contributed by atoms with van der Waals surface area (Å²) >= 11 is 0. The van der Waals surface area contributed by atoms with Crippen LogP contribution in [0.3, 0.4) is 0 Å². The molecule has 12 nitrogen and oxygen atoms in total. The van der Waals surface area contributed by atoms with Gasteiger partial charge in [0.15, 0.2) is 0 Å². The topological polar surface area (TPSA) is 134 Å². The second-order valence-corrected chi connectivity index (χ2v) is 10.5. The van der Waals surface area contributed by atoms with Crippen molar-refractivity contribution >= 4 is 31.3 Å².